The molecule has 1 aromatic carbocycles. The van der Waals surface area contributed by atoms with Crippen molar-refractivity contribution in [3.05, 3.63) is 24.0 Å². The standard InChI is InChI=1S/C12H16FN3O3S.ClH/c1-8(14)12(17)15-9-3-4-10(13)11(7-9)16-5-2-6-20(16,18)19;/h3-4,7-8H,2,5-6,14H2,1H3,(H,15,17);1H/t8-;/m1./s1. The van der Waals surface area contributed by atoms with Crippen molar-refractivity contribution in [2.24, 2.45) is 5.73 Å². The van der Waals surface area contributed by atoms with Crippen LogP contribution in [0.1, 0.15) is 13.3 Å². The summed E-state index contributed by atoms with van der Waals surface area (Å²) in [4.78, 5) is 11.5. The first kappa shape index (κ1) is 17.7. The quantitative estimate of drug-likeness (QED) is 0.863. The zero-order valence-electron chi connectivity index (χ0n) is 11.4. The molecule has 1 aliphatic heterocycles. The van der Waals surface area contributed by atoms with Crippen LogP contribution in [0.3, 0.4) is 0 Å². The Balaban J connectivity index is 0.00000220. The van der Waals surface area contributed by atoms with E-state index in [1.54, 1.807) is 0 Å². The Bertz CT molecular complexity index is 637. The molecule has 0 aromatic heterocycles. The van der Waals surface area contributed by atoms with Gasteiger partial charge in [-0.3, -0.25) is 9.10 Å². The van der Waals surface area contributed by atoms with Crippen LogP contribution in [0.2, 0.25) is 0 Å². The molecule has 1 saturated heterocycles. The number of halogens is 2. The van der Waals surface area contributed by atoms with E-state index in [1.807, 2.05) is 0 Å². The number of nitrogens with two attached hydrogens (primary N) is 1. The smallest absolute Gasteiger partial charge is 0.240 e. The molecule has 0 radical (unpaired) electrons. The Hall–Kier alpha value is -1.38. The van der Waals surface area contributed by atoms with E-state index in [-0.39, 0.29) is 30.4 Å². The first-order valence-corrected chi connectivity index (χ1v) is 7.78. The van der Waals surface area contributed by atoms with Gasteiger partial charge < -0.3 is 11.1 Å². The van der Waals surface area contributed by atoms with Crippen LogP contribution in [0.4, 0.5) is 15.8 Å². The minimum atomic E-state index is -3.47. The Kier molecular flexibility index (Phi) is 5.54. The third-order valence-electron chi connectivity index (χ3n) is 3.00. The SMILES string of the molecule is C[C@@H](N)C(=O)Nc1ccc(F)c(N2CCCS2(=O)=O)c1.Cl. The monoisotopic (exact) mass is 337 g/mol. The van der Waals surface area contributed by atoms with Crippen molar-refractivity contribution >= 4 is 39.7 Å². The van der Waals surface area contributed by atoms with Crippen molar-refractivity contribution < 1.29 is 17.6 Å². The number of sulfonamides is 1. The van der Waals surface area contributed by atoms with E-state index in [1.165, 1.54) is 19.1 Å². The Morgan fingerprint density at radius 2 is 2.14 bits per heavy atom. The third-order valence-corrected chi connectivity index (χ3v) is 4.85. The van der Waals surface area contributed by atoms with Gasteiger partial charge >= 0.3 is 0 Å². The number of rotatable bonds is 3. The van der Waals surface area contributed by atoms with Crippen LogP contribution >= 0.6 is 12.4 Å². The molecule has 0 aliphatic carbocycles. The molecule has 1 aliphatic rings. The first-order valence-electron chi connectivity index (χ1n) is 6.17. The molecule has 118 valence electrons. The fourth-order valence-corrected chi connectivity index (χ4v) is 3.51. The van der Waals surface area contributed by atoms with E-state index in [4.69, 9.17) is 5.73 Å². The van der Waals surface area contributed by atoms with E-state index in [9.17, 15) is 17.6 Å². The van der Waals surface area contributed by atoms with Gasteiger partial charge in [-0.05, 0) is 31.5 Å². The van der Waals surface area contributed by atoms with Crippen LogP contribution in [0.5, 0.6) is 0 Å². The fraction of sp³-hybridized carbons (Fsp3) is 0.417. The average Bonchev–Trinajstić information content (AvgIpc) is 2.71. The fourth-order valence-electron chi connectivity index (χ4n) is 1.95. The molecule has 0 bridgehead atoms. The van der Waals surface area contributed by atoms with Gasteiger partial charge in [0.15, 0.2) is 0 Å². The van der Waals surface area contributed by atoms with E-state index in [2.05, 4.69) is 5.32 Å². The molecule has 21 heavy (non-hydrogen) atoms. The molecule has 2 rings (SSSR count). The highest BCUT2D eigenvalue weighted by molar-refractivity contribution is 7.93. The predicted octanol–water partition coefficient (Wildman–Crippen LogP) is 1.07. The second-order valence-corrected chi connectivity index (χ2v) is 6.70. The summed E-state index contributed by atoms with van der Waals surface area (Å²) in [5.74, 6) is -1.07. The van der Waals surface area contributed by atoms with Crippen LogP contribution in [0.15, 0.2) is 18.2 Å². The molecule has 1 aromatic rings. The number of anilines is 2. The second-order valence-electron chi connectivity index (χ2n) is 4.69. The van der Waals surface area contributed by atoms with Gasteiger partial charge in [0, 0.05) is 12.2 Å². The summed E-state index contributed by atoms with van der Waals surface area (Å²) in [6.45, 7) is 1.76. The Morgan fingerprint density at radius 1 is 1.48 bits per heavy atom. The molecule has 1 heterocycles. The van der Waals surface area contributed by atoms with E-state index < -0.39 is 27.8 Å². The minimum absolute atomic E-state index is 0. The largest absolute Gasteiger partial charge is 0.325 e. The van der Waals surface area contributed by atoms with Crippen molar-refractivity contribution in [2.45, 2.75) is 19.4 Å². The van der Waals surface area contributed by atoms with Crippen molar-refractivity contribution in [2.75, 3.05) is 21.9 Å². The maximum atomic E-state index is 13.8. The van der Waals surface area contributed by atoms with Gasteiger partial charge in [-0.1, -0.05) is 0 Å². The summed E-state index contributed by atoms with van der Waals surface area (Å²) in [6, 6.07) is 3.08. The highest BCUT2D eigenvalue weighted by Crippen LogP contribution is 2.29. The Morgan fingerprint density at radius 3 is 2.67 bits per heavy atom. The lowest BCUT2D eigenvalue weighted by Crippen LogP contribution is -2.32. The molecule has 0 unspecified atom stereocenters. The minimum Gasteiger partial charge on any atom is -0.325 e. The summed E-state index contributed by atoms with van der Waals surface area (Å²) >= 11 is 0. The van der Waals surface area contributed by atoms with Gasteiger partial charge in [0.2, 0.25) is 15.9 Å². The maximum absolute atomic E-state index is 13.8. The molecule has 1 fully saturated rings. The lowest BCUT2D eigenvalue weighted by atomic mass is 10.2. The van der Waals surface area contributed by atoms with E-state index in [0.717, 1.165) is 10.4 Å². The van der Waals surface area contributed by atoms with Crippen molar-refractivity contribution in [3.8, 4) is 0 Å². The van der Waals surface area contributed by atoms with Crippen LogP contribution in [-0.2, 0) is 14.8 Å². The van der Waals surface area contributed by atoms with Gasteiger partial charge in [-0.25, -0.2) is 12.8 Å². The number of carbonyl (C=O) groups is 1. The molecule has 3 N–H and O–H groups in total. The molecule has 1 atom stereocenters. The predicted molar refractivity (Wildman–Crippen MR) is 81.7 cm³/mol. The highest BCUT2D eigenvalue weighted by Gasteiger charge is 2.30. The van der Waals surface area contributed by atoms with Gasteiger partial charge in [0.25, 0.3) is 0 Å². The topological polar surface area (TPSA) is 92.5 Å². The van der Waals surface area contributed by atoms with E-state index >= 15 is 0 Å². The summed E-state index contributed by atoms with van der Waals surface area (Å²) in [5.41, 5.74) is 5.68. The molecular weight excluding hydrogens is 321 g/mol. The number of hydrogen-bond acceptors (Lipinski definition) is 4. The van der Waals surface area contributed by atoms with Crippen LogP contribution in [-0.4, -0.2) is 32.7 Å². The van der Waals surface area contributed by atoms with Gasteiger partial charge in [0.1, 0.15) is 5.82 Å². The summed E-state index contributed by atoms with van der Waals surface area (Å²) in [7, 11) is -3.47. The first-order chi connectivity index (χ1) is 9.31. The molecular formula is C12H17ClFN3O3S. The van der Waals surface area contributed by atoms with Crippen LogP contribution in [0.25, 0.3) is 0 Å². The number of carbonyl (C=O) groups excluding carboxylic acids is 1. The van der Waals surface area contributed by atoms with Crippen molar-refractivity contribution in [3.63, 3.8) is 0 Å². The lowest BCUT2D eigenvalue weighted by molar-refractivity contribution is -0.117. The molecule has 6 nitrogen and oxygen atoms in total. The molecule has 9 heteroatoms. The van der Waals surface area contributed by atoms with Crippen molar-refractivity contribution in [1.82, 2.24) is 0 Å². The molecule has 0 saturated carbocycles. The van der Waals surface area contributed by atoms with Crippen LogP contribution in [0, 0.1) is 5.82 Å². The summed E-state index contributed by atoms with van der Waals surface area (Å²) < 4.78 is 38.5. The van der Waals surface area contributed by atoms with Crippen molar-refractivity contribution in [1.29, 1.82) is 0 Å². The highest BCUT2D eigenvalue weighted by atomic mass is 35.5. The second kappa shape index (κ2) is 6.59. The molecule has 1 amide bonds. The van der Waals surface area contributed by atoms with Gasteiger partial charge in [-0.15, -0.1) is 12.4 Å². The van der Waals surface area contributed by atoms with Gasteiger partial charge in [-0.2, -0.15) is 0 Å². The van der Waals surface area contributed by atoms with E-state index in [0.29, 0.717) is 12.1 Å². The number of nitrogens with one attached hydrogen (secondary N) is 1. The lowest BCUT2D eigenvalue weighted by Gasteiger charge is -2.19. The zero-order chi connectivity index (χ0) is 14.9. The Labute approximate surface area is 129 Å². The van der Waals surface area contributed by atoms with Crippen LogP contribution < -0.4 is 15.4 Å². The maximum Gasteiger partial charge on any atom is 0.240 e. The normalized spacial score (nSPS) is 18.0. The van der Waals surface area contributed by atoms with Gasteiger partial charge in [0.05, 0.1) is 17.5 Å². The zero-order valence-corrected chi connectivity index (χ0v) is 13.0. The molecule has 0 spiro atoms. The number of amides is 1. The number of nitrogens with zero attached hydrogens (tertiary/aromatic N) is 1. The number of hydrogen-bond donors (Lipinski definition) is 2. The summed E-state index contributed by atoms with van der Waals surface area (Å²) in [6.07, 6.45) is 0.457. The third kappa shape index (κ3) is 3.84. The average molecular weight is 338 g/mol. The summed E-state index contributed by atoms with van der Waals surface area (Å²) in [5, 5.41) is 2.51. The number of benzene rings is 1.